The van der Waals surface area contributed by atoms with Crippen LogP contribution in [0.5, 0.6) is 0 Å². The van der Waals surface area contributed by atoms with Crippen molar-refractivity contribution in [3.05, 3.63) is 48.5 Å². The maximum atomic E-state index is 13.0. The van der Waals surface area contributed by atoms with Crippen molar-refractivity contribution in [2.45, 2.75) is 83.4 Å². The minimum absolute atomic E-state index is 0.143. The smallest absolute Gasteiger partial charge is 0.408 e. The van der Waals surface area contributed by atoms with E-state index in [2.05, 4.69) is 20.9 Å². The fraction of sp³-hybridized carbons (Fsp3) is 0.538. The Morgan fingerprint density at radius 2 is 1.86 bits per heavy atom. The highest BCUT2D eigenvalue weighted by Crippen LogP contribution is 2.27. The van der Waals surface area contributed by atoms with E-state index in [1.807, 2.05) is 25.3 Å². The average Bonchev–Trinajstić information content (AvgIpc) is 3.21. The van der Waals surface area contributed by atoms with E-state index < -0.39 is 17.2 Å². The van der Waals surface area contributed by atoms with Crippen LogP contribution in [0, 0.1) is 0 Å². The van der Waals surface area contributed by atoms with Crippen molar-refractivity contribution in [1.82, 2.24) is 20.2 Å². The summed E-state index contributed by atoms with van der Waals surface area (Å²) >= 11 is 0. The topological polar surface area (TPSA) is 114 Å². The van der Waals surface area contributed by atoms with Crippen LogP contribution in [0.25, 0.3) is 0 Å². The normalized spacial score (nSPS) is 15.5. The molecule has 0 bridgehead atoms. The zero-order valence-electron chi connectivity index (χ0n) is 20.9. The first-order valence-electron chi connectivity index (χ1n) is 12.3. The highest BCUT2D eigenvalue weighted by atomic mass is 16.6. The van der Waals surface area contributed by atoms with Gasteiger partial charge in [0, 0.05) is 43.2 Å². The molecule has 1 heterocycles. The van der Waals surface area contributed by atoms with Gasteiger partial charge in [-0.05, 0) is 51.8 Å². The molecule has 0 radical (unpaired) electrons. The molecule has 1 aromatic heterocycles. The van der Waals surface area contributed by atoms with E-state index in [0.29, 0.717) is 30.8 Å². The van der Waals surface area contributed by atoms with Crippen LogP contribution in [-0.4, -0.2) is 45.1 Å². The lowest BCUT2D eigenvalue weighted by molar-refractivity contribution is -0.116. The van der Waals surface area contributed by atoms with E-state index in [1.54, 1.807) is 43.0 Å². The van der Waals surface area contributed by atoms with Crippen LogP contribution < -0.4 is 16.0 Å². The molecule has 9 heteroatoms. The van der Waals surface area contributed by atoms with Gasteiger partial charge in [-0.1, -0.05) is 31.7 Å². The summed E-state index contributed by atoms with van der Waals surface area (Å²) in [6, 6.07) is 6.85. The molecule has 3 amide bonds. The van der Waals surface area contributed by atoms with E-state index in [9.17, 15) is 14.4 Å². The SMILES string of the molecule is CC(C)(C)OC(=O)NC1(CNC(=O)c2cccc(NC(=O)CCn3ccnc3)c2)CCCCCC1. The number of anilines is 1. The summed E-state index contributed by atoms with van der Waals surface area (Å²) in [4.78, 5) is 41.8. The maximum Gasteiger partial charge on any atom is 0.408 e. The number of imidazole rings is 1. The number of hydrogen-bond donors (Lipinski definition) is 3. The van der Waals surface area contributed by atoms with E-state index >= 15 is 0 Å². The quantitative estimate of drug-likeness (QED) is 0.486. The number of benzene rings is 1. The molecule has 1 saturated carbocycles. The Bertz CT molecular complexity index is 989. The third-order valence-corrected chi connectivity index (χ3v) is 5.98. The number of nitrogens with zero attached hydrogens (tertiary/aromatic N) is 2. The lowest BCUT2D eigenvalue weighted by Crippen LogP contribution is -2.56. The van der Waals surface area contributed by atoms with Gasteiger partial charge in [-0.3, -0.25) is 9.59 Å². The van der Waals surface area contributed by atoms with E-state index in [1.165, 1.54) is 0 Å². The van der Waals surface area contributed by atoms with Crippen molar-refractivity contribution >= 4 is 23.6 Å². The summed E-state index contributed by atoms with van der Waals surface area (Å²) in [5, 5.41) is 8.90. The van der Waals surface area contributed by atoms with E-state index in [-0.39, 0.29) is 11.8 Å². The second-order valence-electron chi connectivity index (χ2n) is 10.2. The van der Waals surface area contributed by atoms with Crippen LogP contribution in [0.4, 0.5) is 10.5 Å². The summed E-state index contributed by atoms with van der Waals surface area (Å²) in [5.74, 6) is -0.399. The van der Waals surface area contributed by atoms with Crippen LogP contribution in [0.15, 0.2) is 43.0 Å². The molecule has 1 aliphatic rings. The number of aryl methyl sites for hydroxylation is 1. The maximum absolute atomic E-state index is 13.0. The Morgan fingerprint density at radius 3 is 2.51 bits per heavy atom. The molecule has 0 atom stereocenters. The first-order chi connectivity index (χ1) is 16.6. The van der Waals surface area contributed by atoms with Gasteiger partial charge in [0.2, 0.25) is 5.91 Å². The van der Waals surface area contributed by atoms with Gasteiger partial charge >= 0.3 is 6.09 Å². The van der Waals surface area contributed by atoms with E-state index in [0.717, 1.165) is 38.5 Å². The van der Waals surface area contributed by atoms with Crippen molar-refractivity contribution in [2.24, 2.45) is 0 Å². The molecule has 1 aliphatic carbocycles. The summed E-state index contributed by atoms with van der Waals surface area (Å²) in [7, 11) is 0. The monoisotopic (exact) mass is 483 g/mol. The molecule has 190 valence electrons. The molecule has 3 rings (SSSR count). The van der Waals surface area contributed by atoms with Crippen molar-refractivity contribution in [2.75, 3.05) is 11.9 Å². The number of amides is 3. The summed E-state index contributed by atoms with van der Waals surface area (Å²) < 4.78 is 7.32. The molecular formula is C26H37N5O4. The van der Waals surface area contributed by atoms with Crippen molar-refractivity contribution in [1.29, 1.82) is 0 Å². The summed E-state index contributed by atoms with van der Waals surface area (Å²) in [6.07, 6.45) is 10.7. The fourth-order valence-electron chi connectivity index (χ4n) is 4.23. The van der Waals surface area contributed by atoms with Gasteiger partial charge in [-0.2, -0.15) is 0 Å². The molecule has 9 nitrogen and oxygen atoms in total. The second kappa shape index (κ2) is 11.9. The third kappa shape index (κ3) is 8.73. The Labute approximate surface area is 207 Å². The zero-order chi connectivity index (χ0) is 25.3. The van der Waals surface area contributed by atoms with Gasteiger partial charge in [-0.25, -0.2) is 9.78 Å². The first kappa shape index (κ1) is 26.2. The van der Waals surface area contributed by atoms with Crippen LogP contribution in [0.2, 0.25) is 0 Å². The van der Waals surface area contributed by atoms with Crippen molar-refractivity contribution in [3.8, 4) is 0 Å². The molecule has 0 aliphatic heterocycles. The van der Waals surface area contributed by atoms with Crippen LogP contribution in [0.3, 0.4) is 0 Å². The van der Waals surface area contributed by atoms with Crippen LogP contribution in [0.1, 0.15) is 76.1 Å². The number of carbonyl (C=O) groups excluding carboxylic acids is 3. The Balaban J connectivity index is 1.59. The molecule has 1 aromatic carbocycles. The lowest BCUT2D eigenvalue weighted by atomic mass is 9.90. The summed E-state index contributed by atoms with van der Waals surface area (Å²) in [5.41, 5.74) is -0.140. The lowest BCUT2D eigenvalue weighted by Gasteiger charge is -2.35. The molecule has 0 saturated heterocycles. The standard InChI is InChI=1S/C26H37N5O4/c1-25(2,3)35-24(34)30-26(12-6-4-5-7-13-26)18-28-23(33)20-9-8-10-21(17-20)29-22(32)11-15-31-16-14-27-19-31/h8-10,14,16-17,19H,4-7,11-13,15,18H2,1-3H3,(H,28,33)(H,29,32)(H,30,34). The number of rotatable bonds is 8. The number of hydrogen-bond acceptors (Lipinski definition) is 5. The molecule has 3 N–H and O–H groups in total. The van der Waals surface area contributed by atoms with Crippen molar-refractivity contribution in [3.63, 3.8) is 0 Å². The minimum atomic E-state index is -0.594. The number of carbonyl (C=O) groups is 3. The largest absolute Gasteiger partial charge is 0.444 e. The molecule has 1 fully saturated rings. The third-order valence-electron chi connectivity index (χ3n) is 5.98. The predicted octanol–water partition coefficient (Wildman–Crippen LogP) is 4.26. The Kier molecular flexibility index (Phi) is 8.89. The first-order valence-corrected chi connectivity index (χ1v) is 12.3. The molecular weight excluding hydrogens is 446 g/mol. The number of alkyl carbamates (subject to hydrolysis) is 1. The number of ether oxygens (including phenoxy) is 1. The summed E-state index contributed by atoms with van der Waals surface area (Å²) in [6.45, 7) is 6.33. The molecule has 35 heavy (non-hydrogen) atoms. The van der Waals surface area contributed by atoms with Crippen molar-refractivity contribution < 1.29 is 19.1 Å². The van der Waals surface area contributed by atoms with Gasteiger partial charge in [-0.15, -0.1) is 0 Å². The van der Waals surface area contributed by atoms with Gasteiger partial charge in [0.15, 0.2) is 0 Å². The van der Waals surface area contributed by atoms with Gasteiger partial charge in [0.1, 0.15) is 5.60 Å². The number of nitrogens with one attached hydrogen (secondary N) is 3. The number of aromatic nitrogens is 2. The minimum Gasteiger partial charge on any atom is -0.444 e. The predicted molar refractivity (Wildman–Crippen MR) is 134 cm³/mol. The van der Waals surface area contributed by atoms with Gasteiger partial charge in [0.25, 0.3) is 5.91 Å². The average molecular weight is 484 g/mol. The molecule has 2 aromatic rings. The van der Waals surface area contributed by atoms with Crippen LogP contribution in [-0.2, 0) is 16.1 Å². The molecule has 0 unspecified atom stereocenters. The van der Waals surface area contributed by atoms with Gasteiger partial charge in [0.05, 0.1) is 11.9 Å². The highest BCUT2D eigenvalue weighted by molar-refractivity contribution is 5.97. The Hall–Kier alpha value is -3.36. The zero-order valence-corrected chi connectivity index (χ0v) is 20.9. The van der Waals surface area contributed by atoms with Crippen LogP contribution >= 0.6 is 0 Å². The van der Waals surface area contributed by atoms with Gasteiger partial charge < -0.3 is 25.3 Å². The highest BCUT2D eigenvalue weighted by Gasteiger charge is 2.34. The fourth-order valence-corrected chi connectivity index (χ4v) is 4.23. The Morgan fingerprint density at radius 1 is 1.11 bits per heavy atom. The van der Waals surface area contributed by atoms with E-state index in [4.69, 9.17) is 4.74 Å². The second-order valence-corrected chi connectivity index (χ2v) is 10.2. The molecule has 0 spiro atoms.